The zero-order valence-corrected chi connectivity index (χ0v) is 20.3. The van der Waals surface area contributed by atoms with Gasteiger partial charge in [0.25, 0.3) is 11.8 Å². The normalized spacial score (nSPS) is 11.7. The predicted octanol–water partition coefficient (Wildman–Crippen LogP) is 2.47. The fraction of sp³-hybridized carbons (Fsp3) is 0.292. The van der Waals surface area contributed by atoms with E-state index in [1.54, 1.807) is 36.7 Å². The molecule has 11 heteroatoms. The molecule has 3 amide bonds. The Morgan fingerprint density at radius 3 is 2.46 bits per heavy atom. The number of anilines is 1. The second-order valence-corrected chi connectivity index (χ2v) is 9.17. The molecular formula is C24H28N6O4S. The Balaban J connectivity index is 2.07. The Labute approximate surface area is 207 Å². The topological polar surface area (TPSA) is 165 Å². The number of phenolic OH excluding ortho intramolecular Hbond substituents is 1. The second-order valence-electron chi connectivity index (χ2n) is 8.40. The number of carbonyl (C=O) groups is 3. The van der Waals surface area contributed by atoms with E-state index in [1.165, 1.54) is 17.0 Å². The fourth-order valence-electron chi connectivity index (χ4n) is 3.44. The summed E-state index contributed by atoms with van der Waals surface area (Å²) in [6.07, 6.45) is 3.95. The lowest BCUT2D eigenvalue weighted by molar-refractivity contribution is -0.126. The van der Waals surface area contributed by atoms with Crippen molar-refractivity contribution in [2.75, 3.05) is 12.3 Å². The van der Waals surface area contributed by atoms with Gasteiger partial charge in [0, 0.05) is 25.5 Å². The van der Waals surface area contributed by atoms with Crippen LogP contribution in [0.4, 0.5) is 5.69 Å². The maximum Gasteiger partial charge on any atom is 0.270 e. The molecule has 0 fully saturated rings. The van der Waals surface area contributed by atoms with Crippen molar-refractivity contribution in [1.29, 1.82) is 0 Å². The van der Waals surface area contributed by atoms with Gasteiger partial charge in [-0.25, -0.2) is 0 Å². The van der Waals surface area contributed by atoms with Crippen LogP contribution in [-0.4, -0.2) is 43.6 Å². The number of hydrogen-bond acceptors (Lipinski definition) is 8. The number of nitrogens with one attached hydrogen (secondary N) is 1. The van der Waals surface area contributed by atoms with E-state index >= 15 is 0 Å². The van der Waals surface area contributed by atoms with E-state index in [0.29, 0.717) is 23.6 Å². The fourth-order valence-corrected chi connectivity index (χ4v) is 4.20. The lowest BCUT2D eigenvalue weighted by Gasteiger charge is -2.31. The SMILES string of the molecule is CC(C)CCNC(=O)C(c1ccc(O)cc1)N(Cc1cccnc1)C(=O)c1snc(C(N)=O)c1N. The van der Waals surface area contributed by atoms with Gasteiger partial charge >= 0.3 is 0 Å². The highest BCUT2D eigenvalue weighted by Gasteiger charge is 2.35. The molecule has 0 bridgehead atoms. The molecule has 2 heterocycles. The van der Waals surface area contributed by atoms with E-state index in [-0.39, 0.29) is 28.6 Å². The van der Waals surface area contributed by atoms with Crippen molar-refractivity contribution in [1.82, 2.24) is 19.6 Å². The van der Waals surface area contributed by atoms with Crippen molar-refractivity contribution < 1.29 is 19.5 Å². The molecule has 1 unspecified atom stereocenters. The Morgan fingerprint density at radius 2 is 1.89 bits per heavy atom. The summed E-state index contributed by atoms with van der Waals surface area (Å²) >= 11 is 0.746. The van der Waals surface area contributed by atoms with Crippen LogP contribution in [0.25, 0.3) is 0 Å². The van der Waals surface area contributed by atoms with Crippen LogP contribution in [0, 0.1) is 5.92 Å². The minimum atomic E-state index is -1.06. The number of nitrogen functional groups attached to an aromatic ring is 1. The number of nitrogens with zero attached hydrogens (tertiary/aromatic N) is 3. The first-order valence-electron chi connectivity index (χ1n) is 11.0. The number of benzene rings is 1. The zero-order chi connectivity index (χ0) is 25.5. The number of rotatable bonds is 10. The molecule has 0 saturated carbocycles. The Hall–Kier alpha value is -3.99. The summed E-state index contributed by atoms with van der Waals surface area (Å²) in [5.74, 6) is -1.44. The number of primary amides is 1. The van der Waals surface area contributed by atoms with Crippen LogP contribution in [0.15, 0.2) is 48.8 Å². The third-order valence-electron chi connectivity index (χ3n) is 5.28. The van der Waals surface area contributed by atoms with E-state index in [2.05, 4.69) is 14.7 Å². The van der Waals surface area contributed by atoms with Crippen molar-refractivity contribution >= 4 is 34.9 Å². The maximum absolute atomic E-state index is 13.8. The highest BCUT2D eigenvalue weighted by atomic mass is 32.1. The Morgan fingerprint density at radius 1 is 1.17 bits per heavy atom. The van der Waals surface area contributed by atoms with Gasteiger partial charge in [-0.1, -0.05) is 32.0 Å². The Kier molecular flexibility index (Phi) is 8.37. The molecule has 184 valence electrons. The first-order valence-corrected chi connectivity index (χ1v) is 11.8. The summed E-state index contributed by atoms with van der Waals surface area (Å²) in [5.41, 5.74) is 12.2. The number of carbonyl (C=O) groups excluding carboxylic acids is 3. The lowest BCUT2D eigenvalue weighted by atomic mass is 10.0. The van der Waals surface area contributed by atoms with E-state index < -0.39 is 23.8 Å². The highest BCUT2D eigenvalue weighted by molar-refractivity contribution is 7.09. The number of aromatic hydroxyl groups is 1. The molecule has 3 rings (SSSR count). The molecule has 0 radical (unpaired) electrons. The summed E-state index contributed by atoms with van der Waals surface area (Å²) in [6, 6.07) is 8.50. The van der Waals surface area contributed by atoms with Crippen LogP contribution in [0.2, 0.25) is 0 Å². The molecule has 0 aliphatic rings. The summed E-state index contributed by atoms with van der Waals surface area (Å²) in [7, 11) is 0. The van der Waals surface area contributed by atoms with Crippen molar-refractivity contribution in [2.24, 2.45) is 11.7 Å². The van der Waals surface area contributed by atoms with Crippen LogP contribution in [0.1, 0.15) is 57.6 Å². The van der Waals surface area contributed by atoms with Crippen LogP contribution < -0.4 is 16.8 Å². The molecular weight excluding hydrogens is 468 g/mol. The molecule has 35 heavy (non-hydrogen) atoms. The molecule has 1 aromatic carbocycles. The van der Waals surface area contributed by atoms with E-state index in [0.717, 1.165) is 18.0 Å². The minimum Gasteiger partial charge on any atom is -0.508 e. The monoisotopic (exact) mass is 496 g/mol. The van der Waals surface area contributed by atoms with Gasteiger partial charge < -0.3 is 26.8 Å². The first-order chi connectivity index (χ1) is 16.7. The van der Waals surface area contributed by atoms with Gasteiger partial charge in [0.15, 0.2) is 5.69 Å². The maximum atomic E-state index is 13.8. The number of amides is 3. The van der Waals surface area contributed by atoms with Gasteiger partial charge in [-0.3, -0.25) is 19.4 Å². The van der Waals surface area contributed by atoms with E-state index in [1.807, 2.05) is 13.8 Å². The van der Waals surface area contributed by atoms with Crippen LogP contribution in [-0.2, 0) is 11.3 Å². The molecule has 0 spiro atoms. The van der Waals surface area contributed by atoms with Crippen LogP contribution in [0.3, 0.4) is 0 Å². The van der Waals surface area contributed by atoms with E-state index in [9.17, 15) is 19.5 Å². The Bertz CT molecular complexity index is 1180. The standard InChI is InChI=1S/C24H28N6O4S/c1-14(2)9-11-28-23(33)20(16-5-7-17(31)8-6-16)30(13-15-4-3-10-27-12-15)24(34)21-18(25)19(22(26)32)29-35-21/h3-8,10,12,14,20,31H,9,11,13,25H2,1-2H3,(H2,26,32)(H,28,33). The van der Waals surface area contributed by atoms with Gasteiger partial charge in [-0.15, -0.1) is 0 Å². The average molecular weight is 497 g/mol. The molecule has 0 aliphatic heterocycles. The minimum absolute atomic E-state index is 0.00134. The molecule has 6 N–H and O–H groups in total. The largest absolute Gasteiger partial charge is 0.508 e. The number of aromatic nitrogens is 2. The van der Waals surface area contributed by atoms with Crippen molar-refractivity contribution in [3.05, 3.63) is 70.5 Å². The van der Waals surface area contributed by atoms with Crippen molar-refractivity contribution in [3.63, 3.8) is 0 Å². The highest BCUT2D eigenvalue weighted by Crippen LogP contribution is 2.31. The number of hydrogen-bond donors (Lipinski definition) is 4. The van der Waals surface area contributed by atoms with Crippen molar-refractivity contribution in [3.8, 4) is 5.75 Å². The van der Waals surface area contributed by atoms with Crippen molar-refractivity contribution in [2.45, 2.75) is 32.9 Å². The van der Waals surface area contributed by atoms with Gasteiger partial charge in [-0.05, 0) is 53.2 Å². The number of phenols is 1. The number of pyridine rings is 1. The summed E-state index contributed by atoms with van der Waals surface area (Å²) in [4.78, 5) is 44.4. The first kappa shape index (κ1) is 25.6. The molecule has 10 nitrogen and oxygen atoms in total. The summed E-state index contributed by atoms with van der Waals surface area (Å²) < 4.78 is 3.93. The van der Waals surface area contributed by atoms with Gasteiger partial charge in [0.1, 0.15) is 16.7 Å². The summed E-state index contributed by atoms with van der Waals surface area (Å²) in [5, 5.41) is 12.7. The second kappa shape index (κ2) is 11.4. The molecule has 2 aromatic heterocycles. The molecule has 1 atom stereocenters. The lowest BCUT2D eigenvalue weighted by Crippen LogP contribution is -2.43. The van der Waals surface area contributed by atoms with Crippen LogP contribution >= 0.6 is 11.5 Å². The average Bonchev–Trinajstić information content (AvgIpc) is 3.21. The molecule has 3 aromatic rings. The number of nitrogens with two attached hydrogens (primary N) is 2. The smallest absolute Gasteiger partial charge is 0.270 e. The zero-order valence-electron chi connectivity index (χ0n) is 19.5. The third kappa shape index (κ3) is 6.33. The van der Waals surface area contributed by atoms with Gasteiger partial charge in [-0.2, -0.15) is 4.37 Å². The third-order valence-corrected chi connectivity index (χ3v) is 6.13. The summed E-state index contributed by atoms with van der Waals surface area (Å²) in [6.45, 7) is 4.54. The van der Waals surface area contributed by atoms with Crippen LogP contribution in [0.5, 0.6) is 5.75 Å². The molecule has 0 saturated heterocycles. The van der Waals surface area contributed by atoms with E-state index in [4.69, 9.17) is 11.5 Å². The molecule has 0 aliphatic carbocycles. The predicted molar refractivity (Wildman–Crippen MR) is 132 cm³/mol. The van der Waals surface area contributed by atoms with Gasteiger partial charge in [0.05, 0.1) is 5.69 Å². The van der Waals surface area contributed by atoms with Gasteiger partial charge in [0.2, 0.25) is 5.91 Å². The quantitative estimate of drug-likeness (QED) is 0.335.